The van der Waals surface area contributed by atoms with E-state index < -0.39 is 6.04 Å². The van der Waals surface area contributed by atoms with Crippen molar-refractivity contribution < 1.29 is 4.79 Å². The number of hydrogen-bond donors (Lipinski definition) is 1. The van der Waals surface area contributed by atoms with Crippen LogP contribution in [0.3, 0.4) is 0 Å². The Bertz CT molecular complexity index is 1310. The second-order valence-corrected chi connectivity index (χ2v) is 10.7. The summed E-state index contributed by atoms with van der Waals surface area (Å²) in [5.74, 6) is 0.0228. The average Bonchev–Trinajstić information content (AvgIpc) is 3.35. The summed E-state index contributed by atoms with van der Waals surface area (Å²) in [6.07, 6.45) is 3.98. The minimum absolute atomic E-state index is 0.0228. The van der Waals surface area contributed by atoms with Crippen LogP contribution in [0.1, 0.15) is 35.6 Å². The lowest BCUT2D eigenvalue weighted by molar-refractivity contribution is -0.131. The summed E-state index contributed by atoms with van der Waals surface area (Å²) in [4.78, 5) is 22.7. The van der Waals surface area contributed by atoms with E-state index in [4.69, 9.17) is 28.2 Å². The van der Waals surface area contributed by atoms with Crippen LogP contribution in [0.4, 0.5) is 11.4 Å². The highest BCUT2D eigenvalue weighted by atomic mass is 35.5. The maximum absolute atomic E-state index is 14.1. The van der Waals surface area contributed by atoms with Crippen molar-refractivity contribution in [2.75, 3.05) is 25.0 Å². The molecule has 0 aliphatic carbocycles. The van der Waals surface area contributed by atoms with Gasteiger partial charge in [-0.25, -0.2) is 4.99 Å². The summed E-state index contributed by atoms with van der Waals surface area (Å²) in [7, 11) is 1.89. The predicted molar refractivity (Wildman–Crippen MR) is 150 cm³/mol. The van der Waals surface area contributed by atoms with Crippen LogP contribution in [0, 0.1) is 13.8 Å². The fraction of sp³-hybridized carbons (Fsp3) is 0.310. The zero-order chi connectivity index (χ0) is 25.4. The summed E-state index contributed by atoms with van der Waals surface area (Å²) in [5.41, 5.74) is 6.66. The van der Waals surface area contributed by atoms with Gasteiger partial charge in [-0.05, 0) is 98.0 Å². The van der Waals surface area contributed by atoms with Gasteiger partial charge < -0.3 is 15.1 Å². The van der Waals surface area contributed by atoms with Crippen molar-refractivity contribution in [1.29, 1.82) is 0 Å². The zero-order valence-electron chi connectivity index (χ0n) is 20.8. The van der Waals surface area contributed by atoms with Gasteiger partial charge in [0.1, 0.15) is 6.04 Å². The largest absolute Gasteiger partial charge is 0.342 e. The van der Waals surface area contributed by atoms with Crippen molar-refractivity contribution in [3.05, 3.63) is 81.3 Å². The molecule has 1 unspecified atom stereocenters. The van der Waals surface area contributed by atoms with Crippen LogP contribution in [-0.4, -0.2) is 43.3 Å². The Morgan fingerprint density at radius 1 is 1.11 bits per heavy atom. The Kier molecular flexibility index (Phi) is 7.07. The van der Waals surface area contributed by atoms with Crippen LogP contribution in [0.2, 0.25) is 10.0 Å². The van der Waals surface area contributed by atoms with Gasteiger partial charge in [0.2, 0.25) is 5.91 Å². The molecule has 2 aliphatic rings. The van der Waals surface area contributed by atoms with Gasteiger partial charge in [0, 0.05) is 40.9 Å². The van der Waals surface area contributed by atoms with Gasteiger partial charge in [-0.2, -0.15) is 0 Å². The number of aryl methyl sites for hydroxylation is 2. The standard InChI is InChI=1S/C29H30Cl2N4O/c1-18-10-22(31)14-24(11-18)35-17-33-27-12-19(2)25(20-6-4-7-21(30)13-20)15-26(27)28(35)29(36)34(3)16-23-8-5-9-32-23/h4,6-7,10-15,17,23,28,32H,5,8-9,16H2,1-3H3/t23-,28?/m0/s1. The summed E-state index contributed by atoms with van der Waals surface area (Å²) in [6, 6.07) is 17.5. The Morgan fingerprint density at radius 2 is 1.94 bits per heavy atom. The molecule has 0 bridgehead atoms. The van der Waals surface area contributed by atoms with Crippen LogP contribution in [-0.2, 0) is 4.79 Å². The number of fused-ring (bicyclic) bond motifs is 1. The van der Waals surface area contributed by atoms with Crippen LogP contribution in [0.25, 0.3) is 11.1 Å². The molecule has 0 aromatic heterocycles. The fourth-order valence-corrected chi connectivity index (χ4v) is 5.70. The third-order valence-corrected chi connectivity index (χ3v) is 7.45. The lowest BCUT2D eigenvalue weighted by Gasteiger charge is -2.36. The van der Waals surface area contributed by atoms with Crippen molar-refractivity contribution in [3.63, 3.8) is 0 Å². The Morgan fingerprint density at radius 3 is 2.67 bits per heavy atom. The molecule has 186 valence electrons. The smallest absolute Gasteiger partial charge is 0.250 e. The number of anilines is 1. The minimum Gasteiger partial charge on any atom is -0.342 e. The SMILES string of the molecule is Cc1cc(Cl)cc(N2C=Nc3cc(C)c(-c4cccc(Cl)c4)cc3C2C(=O)N(C)C[C@@H]2CCCN2)c1. The number of halogens is 2. The molecule has 0 saturated carbocycles. The first-order valence-electron chi connectivity index (χ1n) is 12.3. The summed E-state index contributed by atoms with van der Waals surface area (Å²) in [5, 5.41) is 4.81. The minimum atomic E-state index is -0.569. The molecule has 1 fully saturated rings. The molecule has 3 aromatic carbocycles. The van der Waals surface area contributed by atoms with E-state index >= 15 is 0 Å². The van der Waals surface area contributed by atoms with Crippen molar-refractivity contribution in [2.45, 2.75) is 38.8 Å². The molecule has 1 N–H and O–H groups in total. The molecule has 1 saturated heterocycles. The molecular weight excluding hydrogens is 491 g/mol. The Hall–Kier alpha value is -2.86. The monoisotopic (exact) mass is 520 g/mol. The molecule has 2 heterocycles. The van der Waals surface area contributed by atoms with Gasteiger partial charge in [-0.1, -0.05) is 35.3 Å². The van der Waals surface area contributed by atoms with Gasteiger partial charge >= 0.3 is 0 Å². The number of amides is 1. The first-order chi connectivity index (χ1) is 17.3. The van der Waals surface area contributed by atoms with Crippen molar-refractivity contribution in [3.8, 4) is 11.1 Å². The van der Waals surface area contributed by atoms with Gasteiger partial charge in [0.05, 0.1) is 12.0 Å². The third-order valence-electron chi connectivity index (χ3n) is 7.00. The Balaban J connectivity index is 1.61. The number of nitrogens with one attached hydrogen (secondary N) is 1. The number of likely N-dealkylation sites (N-methyl/N-ethyl adjacent to an activating group) is 1. The van der Waals surface area contributed by atoms with E-state index in [9.17, 15) is 4.79 Å². The first kappa shape index (κ1) is 24.8. The number of carbonyl (C=O) groups excluding carboxylic acids is 1. The second kappa shape index (κ2) is 10.3. The molecule has 7 heteroatoms. The van der Waals surface area contributed by atoms with E-state index in [0.29, 0.717) is 22.6 Å². The molecule has 2 atom stereocenters. The number of rotatable bonds is 5. The average molecular weight is 521 g/mol. The molecule has 2 aliphatic heterocycles. The Labute approximate surface area is 222 Å². The second-order valence-electron chi connectivity index (χ2n) is 9.79. The highest BCUT2D eigenvalue weighted by molar-refractivity contribution is 6.31. The van der Waals surface area contributed by atoms with Crippen LogP contribution >= 0.6 is 23.2 Å². The molecule has 36 heavy (non-hydrogen) atoms. The lowest BCUT2D eigenvalue weighted by atomic mass is 9.91. The maximum Gasteiger partial charge on any atom is 0.250 e. The van der Waals surface area contributed by atoms with Gasteiger partial charge in [-0.15, -0.1) is 0 Å². The normalized spacial score (nSPS) is 18.9. The highest BCUT2D eigenvalue weighted by Crippen LogP contribution is 2.41. The van der Waals surface area contributed by atoms with Crippen LogP contribution in [0.15, 0.2) is 59.6 Å². The van der Waals surface area contributed by atoms with E-state index in [1.807, 2.05) is 66.2 Å². The molecule has 3 aromatic rings. The predicted octanol–water partition coefficient (Wildman–Crippen LogP) is 6.71. The molecule has 5 nitrogen and oxygen atoms in total. The number of nitrogens with zero attached hydrogens (tertiary/aromatic N) is 3. The van der Waals surface area contributed by atoms with Crippen molar-refractivity contribution in [2.24, 2.45) is 4.99 Å². The lowest BCUT2D eigenvalue weighted by Crippen LogP contribution is -2.46. The molecule has 5 rings (SSSR count). The third kappa shape index (κ3) is 5.01. The fourth-order valence-electron chi connectivity index (χ4n) is 5.22. The molecule has 1 amide bonds. The summed E-state index contributed by atoms with van der Waals surface area (Å²) in [6.45, 7) is 5.73. The van der Waals surface area contributed by atoms with Crippen LogP contribution in [0.5, 0.6) is 0 Å². The topological polar surface area (TPSA) is 47.9 Å². The van der Waals surface area contributed by atoms with E-state index in [-0.39, 0.29) is 5.91 Å². The van der Waals surface area contributed by atoms with Gasteiger partial charge in [0.25, 0.3) is 0 Å². The van der Waals surface area contributed by atoms with E-state index in [1.54, 1.807) is 6.34 Å². The van der Waals surface area contributed by atoms with Crippen LogP contribution < -0.4 is 10.2 Å². The van der Waals surface area contributed by atoms with E-state index in [2.05, 4.69) is 24.4 Å². The summed E-state index contributed by atoms with van der Waals surface area (Å²) < 4.78 is 0. The number of benzene rings is 3. The number of aliphatic imine (C=N–C) groups is 1. The molecule has 0 radical (unpaired) electrons. The zero-order valence-corrected chi connectivity index (χ0v) is 22.3. The van der Waals surface area contributed by atoms with Crippen molar-refractivity contribution >= 4 is 46.8 Å². The summed E-state index contributed by atoms with van der Waals surface area (Å²) >= 11 is 12.7. The highest BCUT2D eigenvalue weighted by Gasteiger charge is 2.35. The number of hydrogen-bond acceptors (Lipinski definition) is 4. The maximum atomic E-state index is 14.1. The molecular formula is C29H30Cl2N4O. The number of carbonyl (C=O) groups is 1. The quantitative estimate of drug-likeness (QED) is 0.406. The first-order valence-corrected chi connectivity index (χ1v) is 13.0. The van der Waals surface area contributed by atoms with Gasteiger partial charge in [-0.3, -0.25) is 4.79 Å². The van der Waals surface area contributed by atoms with E-state index in [1.165, 1.54) is 0 Å². The van der Waals surface area contributed by atoms with Gasteiger partial charge in [0.15, 0.2) is 0 Å². The van der Waals surface area contributed by atoms with E-state index in [0.717, 1.165) is 58.6 Å². The van der Waals surface area contributed by atoms with Crippen molar-refractivity contribution in [1.82, 2.24) is 10.2 Å². The molecule has 0 spiro atoms.